The van der Waals surface area contributed by atoms with Gasteiger partial charge in [0.15, 0.2) is 0 Å². The number of nitrogens with zero attached hydrogens (tertiary/aromatic N) is 1. The minimum Gasteiger partial charge on any atom is -0.335 e. The van der Waals surface area contributed by atoms with Crippen LogP contribution in [0.15, 0.2) is 60.8 Å². The molecule has 0 aliphatic rings. The van der Waals surface area contributed by atoms with Gasteiger partial charge in [-0.2, -0.15) is 0 Å². The molecular formula is C16H11FN2O. The fraction of sp³-hybridized carbons (Fsp3) is 0. The predicted octanol–water partition coefficient (Wildman–Crippen LogP) is 3.45. The Morgan fingerprint density at radius 1 is 1.00 bits per heavy atom. The molecule has 4 heteroatoms. The first-order valence-corrected chi connectivity index (χ1v) is 6.15. The van der Waals surface area contributed by atoms with Crippen LogP contribution in [-0.4, -0.2) is 15.8 Å². The third kappa shape index (κ3) is 2.23. The van der Waals surface area contributed by atoms with E-state index in [2.05, 4.69) is 9.97 Å². The summed E-state index contributed by atoms with van der Waals surface area (Å²) in [4.78, 5) is 19.3. The van der Waals surface area contributed by atoms with E-state index in [1.807, 2.05) is 30.3 Å². The summed E-state index contributed by atoms with van der Waals surface area (Å²) in [6, 6.07) is 15.3. The highest BCUT2D eigenvalue weighted by Gasteiger charge is 2.16. The average molecular weight is 266 g/mol. The lowest BCUT2D eigenvalue weighted by molar-refractivity contribution is 0.103. The van der Waals surface area contributed by atoms with E-state index < -0.39 is 11.6 Å². The predicted molar refractivity (Wildman–Crippen MR) is 73.9 cm³/mol. The summed E-state index contributed by atoms with van der Waals surface area (Å²) in [5.41, 5.74) is 1.18. The third-order valence-electron chi connectivity index (χ3n) is 2.99. The smallest absolute Gasteiger partial charge is 0.213 e. The number of rotatable bonds is 3. The highest BCUT2D eigenvalue weighted by Crippen LogP contribution is 2.17. The van der Waals surface area contributed by atoms with E-state index in [0.29, 0.717) is 5.82 Å². The first-order valence-electron chi connectivity index (χ1n) is 6.15. The fourth-order valence-electron chi connectivity index (χ4n) is 1.97. The van der Waals surface area contributed by atoms with E-state index >= 15 is 0 Å². The summed E-state index contributed by atoms with van der Waals surface area (Å²) in [5, 5.41) is 0. The fourth-order valence-corrected chi connectivity index (χ4v) is 1.97. The molecule has 0 bridgehead atoms. The minimum absolute atomic E-state index is 0.0377. The molecule has 3 rings (SSSR count). The van der Waals surface area contributed by atoms with E-state index in [-0.39, 0.29) is 11.3 Å². The number of carbonyl (C=O) groups excluding carboxylic acids is 1. The number of H-pyrrole nitrogens is 1. The van der Waals surface area contributed by atoms with Crippen molar-refractivity contribution in [3.63, 3.8) is 0 Å². The second-order valence-corrected chi connectivity index (χ2v) is 4.32. The van der Waals surface area contributed by atoms with Crippen LogP contribution >= 0.6 is 0 Å². The Balaban J connectivity index is 1.95. The maximum absolute atomic E-state index is 13.6. The Bertz CT molecular complexity index is 750. The van der Waals surface area contributed by atoms with Gasteiger partial charge in [0.2, 0.25) is 5.78 Å². The average Bonchev–Trinajstić information content (AvgIpc) is 2.98. The van der Waals surface area contributed by atoms with Gasteiger partial charge in [-0.3, -0.25) is 4.79 Å². The van der Waals surface area contributed by atoms with Crippen LogP contribution in [0.2, 0.25) is 0 Å². The number of halogens is 1. The van der Waals surface area contributed by atoms with Crippen molar-refractivity contribution in [1.82, 2.24) is 9.97 Å². The summed E-state index contributed by atoms with van der Waals surface area (Å²) in [6.45, 7) is 0. The molecule has 0 radical (unpaired) electrons. The van der Waals surface area contributed by atoms with Gasteiger partial charge in [-0.1, -0.05) is 42.5 Å². The zero-order chi connectivity index (χ0) is 13.9. The highest BCUT2D eigenvalue weighted by molar-refractivity contribution is 6.08. The Morgan fingerprint density at radius 2 is 1.70 bits per heavy atom. The molecule has 0 amide bonds. The van der Waals surface area contributed by atoms with Crippen molar-refractivity contribution in [3.8, 4) is 11.4 Å². The molecule has 0 spiro atoms. The van der Waals surface area contributed by atoms with Gasteiger partial charge in [0.1, 0.15) is 17.3 Å². The molecule has 1 aromatic heterocycles. The van der Waals surface area contributed by atoms with Crippen LogP contribution in [0, 0.1) is 5.82 Å². The number of hydrogen-bond donors (Lipinski definition) is 1. The maximum atomic E-state index is 13.6. The number of nitrogens with one attached hydrogen (secondary N) is 1. The molecule has 1 heterocycles. The summed E-state index contributed by atoms with van der Waals surface area (Å²) in [5.74, 6) is -0.351. The molecule has 3 aromatic rings. The summed E-state index contributed by atoms with van der Waals surface area (Å²) >= 11 is 0. The van der Waals surface area contributed by atoms with Gasteiger partial charge < -0.3 is 4.98 Å². The quantitative estimate of drug-likeness (QED) is 0.738. The van der Waals surface area contributed by atoms with E-state index in [1.165, 1.54) is 18.3 Å². The topological polar surface area (TPSA) is 45.8 Å². The van der Waals surface area contributed by atoms with Crippen molar-refractivity contribution < 1.29 is 9.18 Å². The molecular weight excluding hydrogens is 255 g/mol. The lowest BCUT2D eigenvalue weighted by Gasteiger charge is -1.99. The number of imidazole rings is 1. The van der Waals surface area contributed by atoms with Gasteiger partial charge in [0.25, 0.3) is 0 Å². The molecule has 2 aromatic carbocycles. The molecule has 0 aliphatic heterocycles. The van der Waals surface area contributed by atoms with Gasteiger partial charge in [-0.15, -0.1) is 0 Å². The van der Waals surface area contributed by atoms with Crippen LogP contribution in [0.4, 0.5) is 4.39 Å². The maximum Gasteiger partial charge on any atom is 0.213 e. The van der Waals surface area contributed by atoms with Crippen LogP contribution < -0.4 is 0 Å². The zero-order valence-corrected chi connectivity index (χ0v) is 10.5. The van der Waals surface area contributed by atoms with Gasteiger partial charge in [0.05, 0.1) is 11.8 Å². The molecule has 0 saturated carbocycles. The van der Waals surface area contributed by atoms with E-state index in [1.54, 1.807) is 12.1 Å². The monoisotopic (exact) mass is 266 g/mol. The summed E-state index contributed by atoms with van der Waals surface area (Å²) < 4.78 is 13.6. The number of ketones is 1. The highest BCUT2D eigenvalue weighted by atomic mass is 19.1. The second-order valence-electron chi connectivity index (χ2n) is 4.32. The largest absolute Gasteiger partial charge is 0.335 e. The van der Waals surface area contributed by atoms with Gasteiger partial charge in [0, 0.05) is 5.56 Å². The lowest BCUT2D eigenvalue weighted by atomic mass is 10.1. The van der Waals surface area contributed by atoms with Crippen molar-refractivity contribution in [1.29, 1.82) is 0 Å². The number of carbonyl (C=O) groups is 1. The van der Waals surface area contributed by atoms with E-state index in [0.717, 1.165) is 5.56 Å². The van der Waals surface area contributed by atoms with Crippen LogP contribution in [0.3, 0.4) is 0 Å². The van der Waals surface area contributed by atoms with Crippen molar-refractivity contribution in [2.75, 3.05) is 0 Å². The first-order chi connectivity index (χ1) is 9.75. The normalized spacial score (nSPS) is 10.4. The number of benzene rings is 2. The van der Waals surface area contributed by atoms with Crippen molar-refractivity contribution in [2.24, 2.45) is 0 Å². The van der Waals surface area contributed by atoms with Gasteiger partial charge >= 0.3 is 0 Å². The standard InChI is InChI=1S/C16H11FN2O/c17-13-9-5-4-8-12(13)15(20)14-10-18-16(19-14)11-6-2-1-3-7-11/h1-10H,(H,18,19). The van der Waals surface area contributed by atoms with Crippen molar-refractivity contribution >= 4 is 5.78 Å². The van der Waals surface area contributed by atoms with E-state index in [9.17, 15) is 9.18 Å². The lowest BCUT2D eigenvalue weighted by Crippen LogP contribution is -2.04. The van der Waals surface area contributed by atoms with Crippen LogP contribution in [-0.2, 0) is 0 Å². The van der Waals surface area contributed by atoms with Crippen LogP contribution in [0.25, 0.3) is 11.4 Å². The molecule has 0 aliphatic carbocycles. The van der Waals surface area contributed by atoms with Gasteiger partial charge in [-0.05, 0) is 12.1 Å². The number of aromatic amines is 1. The molecule has 0 fully saturated rings. The number of hydrogen-bond acceptors (Lipinski definition) is 2. The van der Waals surface area contributed by atoms with Crippen LogP contribution in [0.1, 0.15) is 16.1 Å². The third-order valence-corrected chi connectivity index (χ3v) is 2.99. The molecule has 0 atom stereocenters. The molecule has 3 nitrogen and oxygen atoms in total. The SMILES string of the molecule is O=C(c1cnc(-c2ccccc2)[nH]1)c1ccccc1F. The number of aromatic nitrogens is 2. The Morgan fingerprint density at radius 3 is 2.45 bits per heavy atom. The Kier molecular flexibility index (Phi) is 3.13. The molecule has 1 N–H and O–H groups in total. The van der Waals surface area contributed by atoms with Gasteiger partial charge in [-0.25, -0.2) is 9.37 Å². The molecule has 0 unspecified atom stereocenters. The van der Waals surface area contributed by atoms with Crippen molar-refractivity contribution in [3.05, 3.63) is 77.9 Å². The van der Waals surface area contributed by atoms with E-state index in [4.69, 9.17) is 0 Å². The summed E-state index contributed by atoms with van der Waals surface area (Å²) in [6.07, 6.45) is 1.43. The summed E-state index contributed by atoms with van der Waals surface area (Å²) in [7, 11) is 0. The molecule has 98 valence electrons. The second kappa shape index (κ2) is 5.09. The van der Waals surface area contributed by atoms with Crippen molar-refractivity contribution in [2.45, 2.75) is 0 Å². The Labute approximate surface area is 115 Å². The minimum atomic E-state index is -0.534. The Hall–Kier alpha value is -2.75. The molecule has 20 heavy (non-hydrogen) atoms. The van der Waals surface area contributed by atoms with Crippen LogP contribution in [0.5, 0.6) is 0 Å². The molecule has 0 saturated heterocycles. The zero-order valence-electron chi connectivity index (χ0n) is 10.5. The first kappa shape index (κ1) is 12.3.